The summed E-state index contributed by atoms with van der Waals surface area (Å²) < 4.78 is 0. The topological polar surface area (TPSA) is 66.6 Å². The monoisotopic (exact) mass is 284 g/mol. The fourth-order valence-electron chi connectivity index (χ4n) is 2.25. The van der Waals surface area contributed by atoms with Crippen molar-refractivity contribution < 1.29 is 9.90 Å². The maximum Gasteiger partial charge on any atom is 0.337 e. The number of carbonyl (C=O) groups is 1. The minimum Gasteiger partial charge on any atom is -0.478 e. The number of hydrogen-bond acceptors (Lipinski definition) is 3. The third kappa shape index (κ3) is 3.54. The molecule has 0 fully saturated rings. The van der Waals surface area contributed by atoms with Crippen LogP contribution in [0.15, 0.2) is 42.5 Å². The molecule has 0 spiro atoms. The van der Waals surface area contributed by atoms with E-state index < -0.39 is 5.97 Å². The van der Waals surface area contributed by atoms with Gasteiger partial charge in [-0.05, 0) is 36.6 Å². The molecule has 0 radical (unpaired) electrons. The van der Waals surface area contributed by atoms with E-state index in [9.17, 15) is 9.90 Å². The average molecular weight is 284 g/mol. The molecular weight excluding hydrogens is 264 g/mol. The summed E-state index contributed by atoms with van der Waals surface area (Å²) in [7, 11) is 1.96. The van der Waals surface area contributed by atoms with E-state index in [1.807, 2.05) is 43.1 Å². The van der Waals surface area contributed by atoms with Crippen LogP contribution in [-0.4, -0.2) is 24.7 Å². The quantitative estimate of drug-likeness (QED) is 0.828. The third-order valence-electron chi connectivity index (χ3n) is 3.62. The second-order valence-electron chi connectivity index (χ2n) is 5.19. The van der Waals surface area contributed by atoms with E-state index in [1.165, 1.54) is 5.56 Å². The van der Waals surface area contributed by atoms with E-state index in [-0.39, 0.29) is 5.56 Å². The van der Waals surface area contributed by atoms with E-state index in [2.05, 4.69) is 12.1 Å². The number of carboxylic acid groups (broad SMARTS) is 1. The summed E-state index contributed by atoms with van der Waals surface area (Å²) in [4.78, 5) is 13.3. The summed E-state index contributed by atoms with van der Waals surface area (Å²) in [6, 6.07) is 13.8. The normalized spacial score (nSPS) is 10.4. The van der Waals surface area contributed by atoms with Gasteiger partial charge in [0.05, 0.1) is 5.56 Å². The maximum absolute atomic E-state index is 11.2. The zero-order valence-corrected chi connectivity index (χ0v) is 12.3. The summed E-state index contributed by atoms with van der Waals surface area (Å²) >= 11 is 0. The van der Waals surface area contributed by atoms with Crippen LogP contribution in [0.2, 0.25) is 0 Å². The molecular formula is C17H20N2O2. The highest BCUT2D eigenvalue weighted by molar-refractivity contribution is 5.95. The van der Waals surface area contributed by atoms with Crippen molar-refractivity contribution in [2.24, 2.45) is 0 Å². The van der Waals surface area contributed by atoms with Gasteiger partial charge in [-0.25, -0.2) is 4.79 Å². The van der Waals surface area contributed by atoms with Crippen molar-refractivity contribution in [3.05, 3.63) is 59.2 Å². The Bertz CT molecular complexity index is 639. The van der Waals surface area contributed by atoms with Gasteiger partial charge < -0.3 is 15.7 Å². The number of likely N-dealkylation sites (N-methyl/N-ethyl adjacent to an activating group) is 1. The number of hydrogen-bond donors (Lipinski definition) is 2. The van der Waals surface area contributed by atoms with Crippen molar-refractivity contribution in [1.82, 2.24) is 0 Å². The van der Waals surface area contributed by atoms with Gasteiger partial charge in [-0.3, -0.25) is 0 Å². The summed E-state index contributed by atoms with van der Waals surface area (Å²) in [5, 5.41) is 9.21. The van der Waals surface area contributed by atoms with E-state index in [0.717, 1.165) is 24.2 Å². The predicted molar refractivity (Wildman–Crippen MR) is 86.0 cm³/mol. The number of anilines is 2. The number of nitrogen functional groups attached to an aromatic ring is 1. The van der Waals surface area contributed by atoms with Crippen molar-refractivity contribution in [2.75, 3.05) is 24.2 Å². The Morgan fingerprint density at radius 1 is 1.24 bits per heavy atom. The molecule has 0 heterocycles. The number of rotatable bonds is 5. The van der Waals surface area contributed by atoms with Gasteiger partial charge in [-0.15, -0.1) is 0 Å². The number of aryl methyl sites for hydroxylation is 1. The van der Waals surface area contributed by atoms with Crippen LogP contribution in [-0.2, 0) is 6.42 Å². The molecule has 0 aliphatic rings. The van der Waals surface area contributed by atoms with Crippen LogP contribution >= 0.6 is 0 Å². The number of aromatic carboxylic acids is 1. The lowest BCUT2D eigenvalue weighted by Crippen LogP contribution is -2.21. The molecule has 4 heteroatoms. The average Bonchev–Trinajstić information content (AvgIpc) is 2.48. The fourth-order valence-corrected chi connectivity index (χ4v) is 2.25. The molecule has 0 amide bonds. The predicted octanol–water partition coefficient (Wildman–Crippen LogP) is 2.95. The maximum atomic E-state index is 11.2. The highest BCUT2D eigenvalue weighted by Crippen LogP contribution is 2.25. The zero-order chi connectivity index (χ0) is 15.4. The van der Waals surface area contributed by atoms with E-state index >= 15 is 0 Å². The Hall–Kier alpha value is -2.49. The minimum atomic E-state index is -0.992. The first kappa shape index (κ1) is 14.9. The molecule has 2 rings (SSSR count). The number of nitrogens with zero attached hydrogens (tertiary/aromatic N) is 1. The molecule has 0 saturated carbocycles. The van der Waals surface area contributed by atoms with E-state index in [4.69, 9.17) is 5.73 Å². The Labute approximate surface area is 124 Å². The van der Waals surface area contributed by atoms with Crippen molar-refractivity contribution in [2.45, 2.75) is 13.3 Å². The van der Waals surface area contributed by atoms with Gasteiger partial charge in [0.15, 0.2) is 0 Å². The van der Waals surface area contributed by atoms with Gasteiger partial charge in [0.1, 0.15) is 0 Å². The van der Waals surface area contributed by atoms with Crippen molar-refractivity contribution in [3.63, 3.8) is 0 Å². The summed E-state index contributed by atoms with van der Waals surface area (Å²) in [6.07, 6.45) is 0.906. The van der Waals surface area contributed by atoms with Crippen LogP contribution in [0.25, 0.3) is 0 Å². The number of nitrogens with two attached hydrogens (primary N) is 1. The number of benzene rings is 2. The van der Waals surface area contributed by atoms with Crippen LogP contribution in [0.1, 0.15) is 21.5 Å². The van der Waals surface area contributed by atoms with Gasteiger partial charge in [0.2, 0.25) is 0 Å². The SMILES string of the molecule is Cc1cc(N(C)CCc2ccccc2)cc(C(=O)O)c1N. The molecule has 0 aromatic heterocycles. The van der Waals surface area contributed by atoms with Crippen LogP contribution in [0.4, 0.5) is 11.4 Å². The van der Waals surface area contributed by atoms with Crippen LogP contribution in [0.3, 0.4) is 0 Å². The Morgan fingerprint density at radius 2 is 1.90 bits per heavy atom. The Balaban J connectivity index is 2.16. The standard InChI is InChI=1S/C17H20N2O2/c1-12-10-14(11-15(16(12)18)17(20)21)19(2)9-8-13-6-4-3-5-7-13/h3-7,10-11H,8-9,18H2,1-2H3,(H,20,21). The molecule has 110 valence electrons. The largest absolute Gasteiger partial charge is 0.478 e. The van der Waals surface area contributed by atoms with E-state index in [1.54, 1.807) is 6.07 Å². The second-order valence-corrected chi connectivity index (χ2v) is 5.19. The fraction of sp³-hybridized carbons (Fsp3) is 0.235. The zero-order valence-electron chi connectivity index (χ0n) is 12.3. The highest BCUT2D eigenvalue weighted by Gasteiger charge is 2.13. The van der Waals surface area contributed by atoms with Gasteiger partial charge in [-0.2, -0.15) is 0 Å². The van der Waals surface area contributed by atoms with Gasteiger partial charge >= 0.3 is 5.97 Å². The lowest BCUT2D eigenvalue weighted by atomic mass is 10.1. The van der Waals surface area contributed by atoms with Crippen molar-refractivity contribution in [3.8, 4) is 0 Å². The molecule has 3 N–H and O–H groups in total. The first-order chi connectivity index (χ1) is 9.99. The smallest absolute Gasteiger partial charge is 0.337 e. The summed E-state index contributed by atoms with van der Waals surface area (Å²) in [6.45, 7) is 2.64. The molecule has 21 heavy (non-hydrogen) atoms. The Morgan fingerprint density at radius 3 is 2.52 bits per heavy atom. The molecule has 0 bridgehead atoms. The lowest BCUT2D eigenvalue weighted by Gasteiger charge is -2.21. The molecule has 4 nitrogen and oxygen atoms in total. The molecule has 0 unspecified atom stereocenters. The van der Waals surface area contributed by atoms with Crippen LogP contribution in [0.5, 0.6) is 0 Å². The van der Waals surface area contributed by atoms with Crippen LogP contribution in [0, 0.1) is 6.92 Å². The molecule has 2 aromatic rings. The summed E-state index contributed by atoms with van der Waals surface area (Å²) in [5.74, 6) is -0.992. The minimum absolute atomic E-state index is 0.163. The molecule has 0 aliphatic heterocycles. The first-order valence-electron chi connectivity index (χ1n) is 6.87. The van der Waals surface area contributed by atoms with Crippen LogP contribution < -0.4 is 10.6 Å². The third-order valence-corrected chi connectivity index (χ3v) is 3.62. The van der Waals surface area contributed by atoms with E-state index in [0.29, 0.717) is 5.69 Å². The highest BCUT2D eigenvalue weighted by atomic mass is 16.4. The number of carboxylic acids is 1. The molecule has 2 aromatic carbocycles. The lowest BCUT2D eigenvalue weighted by molar-refractivity contribution is 0.0698. The first-order valence-corrected chi connectivity index (χ1v) is 6.87. The molecule has 0 atom stereocenters. The second kappa shape index (κ2) is 6.31. The van der Waals surface area contributed by atoms with Crippen molar-refractivity contribution >= 4 is 17.3 Å². The molecule has 0 saturated heterocycles. The van der Waals surface area contributed by atoms with Crippen molar-refractivity contribution in [1.29, 1.82) is 0 Å². The van der Waals surface area contributed by atoms with Gasteiger partial charge in [-0.1, -0.05) is 30.3 Å². The molecule has 0 aliphatic carbocycles. The Kier molecular flexibility index (Phi) is 4.48. The van der Waals surface area contributed by atoms with Gasteiger partial charge in [0.25, 0.3) is 0 Å². The van der Waals surface area contributed by atoms with Gasteiger partial charge in [0, 0.05) is 25.0 Å². The summed E-state index contributed by atoms with van der Waals surface area (Å²) in [5.41, 5.74) is 9.24.